The summed E-state index contributed by atoms with van der Waals surface area (Å²) in [5, 5.41) is 32.3. The van der Waals surface area contributed by atoms with Crippen LogP contribution in [0.5, 0.6) is 5.75 Å². The van der Waals surface area contributed by atoms with Gasteiger partial charge in [0.05, 0.1) is 12.0 Å². The molecule has 0 saturated heterocycles. The van der Waals surface area contributed by atoms with Gasteiger partial charge in [-0.2, -0.15) is 0 Å². The molecule has 8 nitrogen and oxygen atoms in total. The van der Waals surface area contributed by atoms with Crippen LogP contribution in [0.3, 0.4) is 0 Å². The number of allylic oxidation sites excluding steroid dienone is 2. The Morgan fingerprint density at radius 3 is 2.29 bits per heavy atom. The van der Waals surface area contributed by atoms with Gasteiger partial charge in [-0.3, -0.25) is 25.2 Å². The molecule has 0 unspecified atom stereocenters. The number of ketones is 1. The molecule has 0 fully saturated rings. The minimum atomic E-state index is -0.660. The minimum Gasteiger partial charge on any atom is -0.507 e. The summed E-state index contributed by atoms with van der Waals surface area (Å²) in [6.45, 7) is 1.95. The van der Waals surface area contributed by atoms with Crippen LogP contribution in [0.25, 0.3) is 5.76 Å². The topological polar surface area (TPSA) is 117 Å². The molecule has 38 heavy (non-hydrogen) atoms. The first-order valence-corrected chi connectivity index (χ1v) is 12.3. The van der Waals surface area contributed by atoms with Crippen molar-refractivity contribution in [1.82, 2.24) is 0 Å². The second kappa shape index (κ2) is 9.97. The van der Waals surface area contributed by atoms with Crippen molar-refractivity contribution in [2.75, 3.05) is 12.0 Å². The number of aliphatic hydroxyl groups is 1. The molecule has 1 aliphatic heterocycles. The van der Waals surface area contributed by atoms with E-state index in [0.29, 0.717) is 53.1 Å². The number of Topliss-reactive ketones (excluding diaryl/α,β-unsaturated/α-hetero) is 1. The molecule has 0 radical (unpaired) electrons. The van der Waals surface area contributed by atoms with Gasteiger partial charge in [-0.1, -0.05) is 42.0 Å². The Morgan fingerprint density at radius 2 is 1.68 bits per heavy atom. The van der Waals surface area contributed by atoms with E-state index in [1.165, 1.54) is 12.1 Å². The summed E-state index contributed by atoms with van der Waals surface area (Å²) in [6.07, 6.45) is 1.56. The van der Waals surface area contributed by atoms with Crippen LogP contribution < -0.4 is 9.64 Å². The molecule has 1 heterocycles. The number of aryl methyl sites for hydroxylation is 1. The lowest BCUT2D eigenvalue weighted by atomic mass is 9.73. The lowest BCUT2D eigenvalue weighted by molar-refractivity contribution is -0.384. The summed E-state index contributed by atoms with van der Waals surface area (Å²) in [5.74, 6) is -0.115. The lowest BCUT2D eigenvalue weighted by Crippen LogP contribution is -2.42. The SMILES string of the molecule is COc1ccc([C@@H]2C(=C(O)c3ccc(C)cc3)C(=N)N(c3ccc([N+](=O)[O-])cc3)C3=C2C(=O)CCC3)cc1. The largest absolute Gasteiger partial charge is 0.507 e. The van der Waals surface area contributed by atoms with Crippen LogP contribution in [0.1, 0.15) is 41.9 Å². The molecule has 0 spiro atoms. The second-order valence-electron chi connectivity index (χ2n) is 9.43. The number of anilines is 1. The predicted octanol–water partition coefficient (Wildman–Crippen LogP) is 6.47. The van der Waals surface area contributed by atoms with Crippen molar-refractivity contribution in [1.29, 1.82) is 5.41 Å². The average Bonchev–Trinajstić information content (AvgIpc) is 2.93. The van der Waals surface area contributed by atoms with Crippen molar-refractivity contribution >= 4 is 28.8 Å². The first-order chi connectivity index (χ1) is 18.3. The molecule has 3 aromatic rings. The highest BCUT2D eigenvalue weighted by atomic mass is 16.6. The second-order valence-corrected chi connectivity index (χ2v) is 9.43. The van der Waals surface area contributed by atoms with Crippen molar-refractivity contribution in [3.63, 3.8) is 0 Å². The molecule has 0 aromatic heterocycles. The Labute approximate surface area is 220 Å². The highest BCUT2D eigenvalue weighted by Crippen LogP contribution is 2.48. The quantitative estimate of drug-likeness (QED) is 0.231. The number of methoxy groups -OCH3 is 1. The Bertz CT molecular complexity index is 1490. The average molecular weight is 510 g/mol. The number of rotatable bonds is 5. The number of nitrogens with zero attached hydrogens (tertiary/aromatic N) is 2. The van der Waals surface area contributed by atoms with Crippen molar-refractivity contribution in [2.24, 2.45) is 0 Å². The van der Waals surface area contributed by atoms with Crippen LogP contribution in [-0.2, 0) is 4.79 Å². The highest BCUT2D eigenvalue weighted by Gasteiger charge is 2.43. The van der Waals surface area contributed by atoms with Gasteiger partial charge in [0, 0.05) is 52.6 Å². The number of nitro benzene ring substituents is 1. The summed E-state index contributed by atoms with van der Waals surface area (Å²) < 4.78 is 5.32. The number of nitro groups is 1. The first-order valence-electron chi connectivity index (χ1n) is 12.3. The molecular formula is C30H27N3O5. The van der Waals surface area contributed by atoms with E-state index in [0.717, 1.165) is 11.1 Å². The number of carbonyl (C=O) groups excluding carboxylic acids is 1. The molecular weight excluding hydrogens is 482 g/mol. The molecule has 3 aromatic carbocycles. The van der Waals surface area contributed by atoms with E-state index in [4.69, 9.17) is 4.74 Å². The van der Waals surface area contributed by atoms with E-state index in [-0.39, 0.29) is 23.1 Å². The molecule has 0 bridgehead atoms. The fraction of sp³-hybridized carbons (Fsp3) is 0.200. The number of aliphatic hydroxyl groups excluding tert-OH is 1. The zero-order valence-corrected chi connectivity index (χ0v) is 21.1. The van der Waals surface area contributed by atoms with Crippen molar-refractivity contribution < 1.29 is 19.6 Å². The number of hydrogen-bond acceptors (Lipinski definition) is 6. The predicted molar refractivity (Wildman–Crippen MR) is 146 cm³/mol. The Balaban J connectivity index is 1.78. The lowest BCUT2D eigenvalue weighted by Gasteiger charge is -2.41. The minimum absolute atomic E-state index is 0.0196. The third-order valence-electron chi connectivity index (χ3n) is 7.10. The number of ether oxygens (including phenoxy) is 1. The molecule has 0 amide bonds. The number of hydrogen-bond donors (Lipinski definition) is 2. The zero-order valence-electron chi connectivity index (χ0n) is 21.1. The van der Waals surface area contributed by atoms with Crippen LogP contribution in [0.15, 0.2) is 89.6 Å². The summed E-state index contributed by atoms with van der Waals surface area (Å²) >= 11 is 0. The van der Waals surface area contributed by atoms with Gasteiger partial charge in [-0.25, -0.2) is 0 Å². The zero-order chi connectivity index (χ0) is 27.0. The number of benzene rings is 3. The third-order valence-corrected chi connectivity index (χ3v) is 7.10. The van der Waals surface area contributed by atoms with Crippen LogP contribution >= 0.6 is 0 Å². The van der Waals surface area contributed by atoms with Crippen LogP contribution in [0.4, 0.5) is 11.4 Å². The number of amidine groups is 1. The fourth-order valence-corrected chi connectivity index (χ4v) is 5.20. The van der Waals surface area contributed by atoms with E-state index < -0.39 is 10.8 Å². The van der Waals surface area contributed by atoms with Crippen LogP contribution in [0, 0.1) is 22.4 Å². The van der Waals surface area contributed by atoms with E-state index in [9.17, 15) is 25.4 Å². The Morgan fingerprint density at radius 1 is 1.03 bits per heavy atom. The van der Waals surface area contributed by atoms with Crippen molar-refractivity contribution in [3.8, 4) is 5.75 Å². The molecule has 1 aliphatic carbocycles. The summed E-state index contributed by atoms with van der Waals surface area (Å²) in [6, 6.07) is 20.6. The van der Waals surface area contributed by atoms with Crippen LogP contribution in [-0.4, -0.2) is 28.8 Å². The monoisotopic (exact) mass is 509 g/mol. The van der Waals surface area contributed by atoms with Gasteiger partial charge in [0.15, 0.2) is 5.78 Å². The molecule has 2 aliphatic rings. The van der Waals surface area contributed by atoms with E-state index in [1.54, 1.807) is 48.4 Å². The van der Waals surface area contributed by atoms with Gasteiger partial charge < -0.3 is 9.84 Å². The Kier molecular flexibility index (Phi) is 6.55. The Hall–Kier alpha value is -4.72. The molecule has 192 valence electrons. The molecule has 1 atom stereocenters. The number of carbonyl (C=O) groups is 1. The smallest absolute Gasteiger partial charge is 0.269 e. The molecule has 2 N–H and O–H groups in total. The van der Waals surface area contributed by atoms with Gasteiger partial charge in [0.2, 0.25) is 0 Å². The van der Waals surface area contributed by atoms with E-state index in [1.807, 2.05) is 31.2 Å². The molecule has 8 heteroatoms. The number of nitrogens with one attached hydrogen (secondary N) is 1. The summed E-state index contributed by atoms with van der Waals surface area (Å²) in [4.78, 5) is 25.9. The molecule has 5 rings (SSSR count). The van der Waals surface area contributed by atoms with Gasteiger partial charge in [-0.15, -0.1) is 0 Å². The van der Waals surface area contributed by atoms with Gasteiger partial charge >= 0.3 is 0 Å². The first kappa shape index (κ1) is 25.0. The van der Waals surface area contributed by atoms with Crippen LogP contribution in [0.2, 0.25) is 0 Å². The standard InChI is InChI=1S/C30H27N3O5/c1-18-6-8-20(9-7-18)29(35)28-26(19-10-16-23(38-2)17-11-19)27-24(4-3-5-25(27)34)32(30(28)31)21-12-14-22(15-13-21)33(36)37/h6-17,26,31,35H,3-5H2,1-2H3/t26-/m0/s1. The summed E-state index contributed by atoms with van der Waals surface area (Å²) in [7, 11) is 1.58. The van der Waals surface area contributed by atoms with Gasteiger partial charge in [0.25, 0.3) is 5.69 Å². The maximum Gasteiger partial charge on any atom is 0.269 e. The van der Waals surface area contributed by atoms with Crippen molar-refractivity contribution in [2.45, 2.75) is 32.1 Å². The van der Waals surface area contributed by atoms with E-state index in [2.05, 4.69) is 0 Å². The fourth-order valence-electron chi connectivity index (χ4n) is 5.20. The number of non-ortho nitro benzene ring substituents is 1. The third kappa shape index (κ3) is 4.34. The normalized spacial score (nSPS) is 18.8. The highest BCUT2D eigenvalue weighted by molar-refractivity contribution is 6.19. The summed E-state index contributed by atoms with van der Waals surface area (Å²) in [5.41, 5.74) is 4.28. The maximum absolute atomic E-state index is 13.5. The van der Waals surface area contributed by atoms with E-state index >= 15 is 0 Å². The van der Waals surface area contributed by atoms with Crippen molar-refractivity contribution in [3.05, 3.63) is 116 Å². The van der Waals surface area contributed by atoms with Gasteiger partial charge in [-0.05, 0) is 49.6 Å². The maximum atomic E-state index is 13.5. The molecule has 0 saturated carbocycles. The van der Waals surface area contributed by atoms with Gasteiger partial charge in [0.1, 0.15) is 17.3 Å².